The molecule has 0 bridgehead atoms. The maximum atomic E-state index is 11.5. The maximum absolute atomic E-state index is 11.5. The molecule has 0 aromatic carbocycles. The molecule has 0 radical (unpaired) electrons. The largest absolute Gasteiger partial charge is 0.848 e. The fourth-order valence-corrected chi connectivity index (χ4v) is 1.72. The molecular weight excluding hydrogens is 152 g/mol. The van der Waals surface area contributed by atoms with Crippen LogP contribution in [0.4, 0.5) is 0 Å². The Morgan fingerprint density at radius 3 is 2.17 bits per heavy atom. The van der Waals surface area contributed by atoms with Crippen molar-refractivity contribution < 1.29 is 9.90 Å². The first-order chi connectivity index (χ1) is 5.46. The Balaban J connectivity index is 2.83. The molecule has 2 nitrogen and oxygen atoms in total. The van der Waals surface area contributed by atoms with E-state index in [9.17, 15) is 9.90 Å². The van der Waals surface area contributed by atoms with Gasteiger partial charge in [0.1, 0.15) is 0 Å². The number of hydrogen-bond acceptors (Lipinski definition) is 2. The standard InChI is InChI=1S/C10H15O2/c1-5(2)7-9(11)8(6(3)4)10(7)12/h5,7,9H,1-4H3/q-1. The summed E-state index contributed by atoms with van der Waals surface area (Å²) in [5.41, 5.74) is 1.41. The van der Waals surface area contributed by atoms with Crippen molar-refractivity contribution in [2.75, 3.05) is 0 Å². The van der Waals surface area contributed by atoms with Gasteiger partial charge in [0.2, 0.25) is 0 Å². The van der Waals surface area contributed by atoms with E-state index in [1.54, 1.807) is 0 Å². The number of carbonyl (C=O) groups excluding carboxylic acids is 1. The zero-order valence-electron chi connectivity index (χ0n) is 8.05. The summed E-state index contributed by atoms with van der Waals surface area (Å²) in [7, 11) is 0. The van der Waals surface area contributed by atoms with Crippen LogP contribution in [-0.2, 0) is 4.79 Å². The Morgan fingerprint density at radius 1 is 1.42 bits per heavy atom. The quantitative estimate of drug-likeness (QED) is 0.544. The molecule has 0 heterocycles. The molecule has 1 fully saturated rings. The molecule has 2 heteroatoms. The van der Waals surface area contributed by atoms with Crippen molar-refractivity contribution in [2.45, 2.75) is 33.8 Å². The van der Waals surface area contributed by atoms with E-state index < -0.39 is 6.10 Å². The lowest BCUT2D eigenvalue weighted by molar-refractivity contribution is -0.425. The summed E-state index contributed by atoms with van der Waals surface area (Å²) < 4.78 is 0. The van der Waals surface area contributed by atoms with Gasteiger partial charge in [-0.05, 0) is 25.3 Å². The molecular formula is C10H15O2-. The van der Waals surface area contributed by atoms with Gasteiger partial charge in [-0.1, -0.05) is 25.5 Å². The van der Waals surface area contributed by atoms with Crippen LogP contribution in [0.15, 0.2) is 11.1 Å². The first-order valence-corrected chi connectivity index (χ1v) is 4.34. The van der Waals surface area contributed by atoms with Crippen molar-refractivity contribution in [2.24, 2.45) is 11.8 Å². The van der Waals surface area contributed by atoms with Crippen LogP contribution >= 0.6 is 0 Å². The normalized spacial score (nSPS) is 29.2. The Labute approximate surface area is 73.3 Å². The second kappa shape index (κ2) is 3.02. The molecule has 0 N–H and O–H groups in total. The predicted molar refractivity (Wildman–Crippen MR) is 45.5 cm³/mol. The van der Waals surface area contributed by atoms with Gasteiger partial charge < -0.3 is 5.11 Å². The number of allylic oxidation sites excluding steroid dienone is 1. The summed E-state index contributed by atoms with van der Waals surface area (Å²) in [5.74, 6) is -0.0111. The van der Waals surface area contributed by atoms with E-state index in [1.165, 1.54) is 0 Å². The lowest BCUT2D eigenvalue weighted by Crippen LogP contribution is -2.55. The van der Waals surface area contributed by atoms with Crippen molar-refractivity contribution in [1.82, 2.24) is 0 Å². The lowest BCUT2D eigenvalue weighted by atomic mass is 9.68. The summed E-state index contributed by atoms with van der Waals surface area (Å²) in [6, 6.07) is 0. The minimum Gasteiger partial charge on any atom is -0.848 e. The maximum Gasteiger partial charge on any atom is 0.160 e. The molecule has 68 valence electrons. The Bertz CT molecular complexity index is 234. The monoisotopic (exact) mass is 167 g/mol. The molecule has 0 aliphatic heterocycles. The third kappa shape index (κ3) is 1.20. The van der Waals surface area contributed by atoms with Crippen LogP contribution in [-0.4, -0.2) is 11.9 Å². The van der Waals surface area contributed by atoms with E-state index >= 15 is 0 Å². The van der Waals surface area contributed by atoms with E-state index in [-0.39, 0.29) is 17.6 Å². The molecule has 1 aliphatic carbocycles. The highest BCUT2D eigenvalue weighted by molar-refractivity contribution is 6.06. The first-order valence-electron chi connectivity index (χ1n) is 4.34. The van der Waals surface area contributed by atoms with Gasteiger partial charge in [-0.25, -0.2) is 0 Å². The highest BCUT2D eigenvalue weighted by Gasteiger charge is 2.39. The molecule has 0 aromatic heterocycles. The summed E-state index contributed by atoms with van der Waals surface area (Å²) in [5, 5.41) is 11.5. The predicted octanol–water partition coefficient (Wildman–Crippen LogP) is 0.907. The number of ketones is 1. The third-order valence-electron chi connectivity index (χ3n) is 2.44. The van der Waals surface area contributed by atoms with Crippen molar-refractivity contribution in [3.63, 3.8) is 0 Å². The molecule has 1 saturated carbocycles. The molecule has 0 amide bonds. The van der Waals surface area contributed by atoms with E-state index in [0.717, 1.165) is 5.57 Å². The topological polar surface area (TPSA) is 40.1 Å². The minimum atomic E-state index is -0.762. The number of rotatable bonds is 1. The van der Waals surface area contributed by atoms with Crippen LogP contribution < -0.4 is 5.11 Å². The SMILES string of the molecule is CC(C)=C1C(=O)C(C(C)C)C1[O-]. The molecule has 0 aromatic rings. The van der Waals surface area contributed by atoms with Crippen LogP contribution in [0, 0.1) is 11.8 Å². The van der Waals surface area contributed by atoms with E-state index in [1.807, 2.05) is 27.7 Å². The van der Waals surface area contributed by atoms with Gasteiger partial charge in [-0.2, -0.15) is 0 Å². The molecule has 0 saturated heterocycles. The van der Waals surface area contributed by atoms with Crippen molar-refractivity contribution in [1.29, 1.82) is 0 Å². The van der Waals surface area contributed by atoms with Gasteiger partial charge in [0.25, 0.3) is 0 Å². The highest BCUT2D eigenvalue weighted by Crippen LogP contribution is 2.35. The van der Waals surface area contributed by atoms with E-state index in [0.29, 0.717) is 5.57 Å². The van der Waals surface area contributed by atoms with Crippen molar-refractivity contribution in [3.05, 3.63) is 11.1 Å². The van der Waals surface area contributed by atoms with Gasteiger partial charge in [0.15, 0.2) is 5.78 Å². The van der Waals surface area contributed by atoms with Gasteiger partial charge in [-0.15, -0.1) is 0 Å². The number of Topliss-reactive ketones (excluding diaryl/α,β-unsaturated/α-hetero) is 1. The van der Waals surface area contributed by atoms with Crippen molar-refractivity contribution >= 4 is 5.78 Å². The number of hydrogen-bond donors (Lipinski definition) is 0. The van der Waals surface area contributed by atoms with Crippen LogP contribution in [0.3, 0.4) is 0 Å². The zero-order chi connectivity index (χ0) is 9.46. The van der Waals surface area contributed by atoms with Gasteiger partial charge in [0, 0.05) is 5.92 Å². The Morgan fingerprint density at radius 2 is 1.92 bits per heavy atom. The third-order valence-corrected chi connectivity index (χ3v) is 2.44. The van der Waals surface area contributed by atoms with Crippen molar-refractivity contribution in [3.8, 4) is 0 Å². The molecule has 2 atom stereocenters. The second-order valence-electron chi connectivity index (χ2n) is 3.97. The molecule has 1 rings (SSSR count). The summed E-state index contributed by atoms with van der Waals surface area (Å²) in [6.07, 6.45) is -0.762. The highest BCUT2D eigenvalue weighted by atomic mass is 16.3. The summed E-state index contributed by atoms with van der Waals surface area (Å²) in [6.45, 7) is 7.51. The summed E-state index contributed by atoms with van der Waals surface area (Å²) >= 11 is 0. The van der Waals surface area contributed by atoms with Gasteiger partial charge >= 0.3 is 0 Å². The van der Waals surface area contributed by atoms with Crippen LogP contribution in [0.5, 0.6) is 0 Å². The van der Waals surface area contributed by atoms with Crippen LogP contribution in [0.1, 0.15) is 27.7 Å². The zero-order valence-corrected chi connectivity index (χ0v) is 8.05. The van der Waals surface area contributed by atoms with Gasteiger partial charge in [-0.3, -0.25) is 4.79 Å². The van der Waals surface area contributed by atoms with Crippen LogP contribution in [0.2, 0.25) is 0 Å². The second-order valence-corrected chi connectivity index (χ2v) is 3.97. The van der Waals surface area contributed by atoms with E-state index in [4.69, 9.17) is 0 Å². The van der Waals surface area contributed by atoms with Gasteiger partial charge in [0.05, 0.1) is 0 Å². The molecule has 1 aliphatic rings. The smallest absolute Gasteiger partial charge is 0.160 e. The average molecular weight is 167 g/mol. The van der Waals surface area contributed by atoms with E-state index in [2.05, 4.69) is 0 Å². The molecule has 2 unspecified atom stereocenters. The average Bonchev–Trinajstić information content (AvgIpc) is 1.84. The molecule has 0 spiro atoms. The van der Waals surface area contributed by atoms with Crippen LogP contribution in [0.25, 0.3) is 0 Å². The fraction of sp³-hybridized carbons (Fsp3) is 0.700. The Hall–Kier alpha value is -0.630. The fourth-order valence-electron chi connectivity index (χ4n) is 1.72. The minimum absolute atomic E-state index is 0.0741. The summed E-state index contributed by atoms with van der Waals surface area (Å²) in [4.78, 5) is 11.4. The Kier molecular flexibility index (Phi) is 2.38. The molecule has 12 heavy (non-hydrogen) atoms. The lowest BCUT2D eigenvalue weighted by Gasteiger charge is -2.46. The first kappa shape index (κ1) is 9.46. The number of carbonyl (C=O) groups is 1.